The Kier molecular flexibility index (Phi) is 4.24. The van der Waals surface area contributed by atoms with Crippen LogP contribution >= 0.6 is 22.9 Å². The van der Waals surface area contributed by atoms with Crippen LogP contribution in [-0.2, 0) is 0 Å². The minimum Gasteiger partial charge on any atom is -0.335 e. The van der Waals surface area contributed by atoms with Gasteiger partial charge < -0.3 is 9.80 Å². The molecular weight excluding hydrogens is 306 g/mol. The Bertz CT molecular complexity index is 650. The molecule has 3 rings (SSSR count). The highest BCUT2D eigenvalue weighted by molar-refractivity contribution is 7.16. The van der Waals surface area contributed by atoms with Gasteiger partial charge in [0.1, 0.15) is 9.88 Å². The monoisotopic (exact) mass is 321 g/mol. The molecule has 0 saturated carbocycles. The summed E-state index contributed by atoms with van der Waals surface area (Å²) in [4.78, 5) is 21.6. The number of carbonyl (C=O) groups excluding carboxylic acids is 1. The largest absolute Gasteiger partial charge is 0.335 e. The number of hydrogen-bond acceptors (Lipinski definition) is 4. The molecule has 0 spiro atoms. The molecule has 1 aromatic heterocycles. The van der Waals surface area contributed by atoms with Crippen molar-refractivity contribution in [3.63, 3.8) is 0 Å². The van der Waals surface area contributed by atoms with Gasteiger partial charge in [-0.05, 0) is 19.2 Å². The van der Waals surface area contributed by atoms with Crippen molar-refractivity contribution in [2.24, 2.45) is 0 Å². The van der Waals surface area contributed by atoms with Crippen molar-refractivity contribution in [2.45, 2.75) is 0 Å². The quantitative estimate of drug-likeness (QED) is 0.853. The lowest BCUT2D eigenvalue weighted by atomic mass is 10.2. The lowest BCUT2D eigenvalue weighted by Gasteiger charge is -2.31. The summed E-state index contributed by atoms with van der Waals surface area (Å²) < 4.78 is 0. The van der Waals surface area contributed by atoms with Gasteiger partial charge in [-0.3, -0.25) is 4.79 Å². The maximum atomic E-state index is 12.5. The summed E-state index contributed by atoms with van der Waals surface area (Å²) in [6.45, 7) is 3.40. The Morgan fingerprint density at radius 3 is 2.76 bits per heavy atom. The van der Waals surface area contributed by atoms with Crippen molar-refractivity contribution in [3.8, 4) is 10.6 Å². The van der Waals surface area contributed by atoms with Crippen LogP contribution in [0.4, 0.5) is 0 Å². The smallest absolute Gasteiger partial charge is 0.265 e. The number of rotatable bonds is 2. The number of thiazole rings is 1. The fourth-order valence-corrected chi connectivity index (χ4v) is 3.36. The molecule has 0 atom stereocenters. The van der Waals surface area contributed by atoms with Gasteiger partial charge in [-0.25, -0.2) is 4.98 Å². The summed E-state index contributed by atoms with van der Waals surface area (Å²) >= 11 is 7.42. The van der Waals surface area contributed by atoms with Crippen molar-refractivity contribution in [3.05, 3.63) is 40.4 Å². The van der Waals surface area contributed by atoms with Crippen molar-refractivity contribution < 1.29 is 4.79 Å². The molecule has 0 bridgehead atoms. The molecule has 1 aromatic carbocycles. The topological polar surface area (TPSA) is 36.4 Å². The van der Waals surface area contributed by atoms with Crippen LogP contribution in [0.15, 0.2) is 30.5 Å². The number of aromatic nitrogens is 1. The molecule has 2 aromatic rings. The first-order chi connectivity index (χ1) is 10.1. The highest BCUT2D eigenvalue weighted by Crippen LogP contribution is 2.27. The van der Waals surface area contributed by atoms with Crippen molar-refractivity contribution in [1.29, 1.82) is 0 Å². The molecule has 0 unspecified atom stereocenters. The lowest BCUT2D eigenvalue weighted by Crippen LogP contribution is -2.46. The van der Waals surface area contributed by atoms with Gasteiger partial charge in [0.05, 0.1) is 6.20 Å². The van der Waals surface area contributed by atoms with E-state index in [1.165, 1.54) is 11.3 Å². The van der Waals surface area contributed by atoms with Crippen LogP contribution in [0.3, 0.4) is 0 Å². The number of carbonyl (C=O) groups is 1. The molecule has 1 aliphatic heterocycles. The van der Waals surface area contributed by atoms with Gasteiger partial charge >= 0.3 is 0 Å². The van der Waals surface area contributed by atoms with E-state index >= 15 is 0 Å². The van der Waals surface area contributed by atoms with Gasteiger partial charge in [0.25, 0.3) is 5.91 Å². The second kappa shape index (κ2) is 6.13. The fourth-order valence-electron chi connectivity index (χ4n) is 2.29. The third-order valence-electron chi connectivity index (χ3n) is 3.58. The Morgan fingerprint density at radius 2 is 2.05 bits per heavy atom. The van der Waals surface area contributed by atoms with Gasteiger partial charge in [-0.1, -0.05) is 23.7 Å². The van der Waals surface area contributed by atoms with E-state index in [1.54, 1.807) is 6.20 Å². The molecule has 6 heteroatoms. The third kappa shape index (κ3) is 3.26. The molecular formula is C15H16ClN3OS. The number of nitrogens with zero attached hydrogens (tertiary/aromatic N) is 3. The van der Waals surface area contributed by atoms with E-state index in [0.29, 0.717) is 9.90 Å². The van der Waals surface area contributed by atoms with Gasteiger partial charge in [0.15, 0.2) is 0 Å². The Morgan fingerprint density at radius 1 is 1.29 bits per heavy atom. The molecule has 1 fully saturated rings. The summed E-state index contributed by atoms with van der Waals surface area (Å²) in [5.41, 5.74) is 0.949. The summed E-state index contributed by atoms with van der Waals surface area (Å²) in [6.07, 6.45) is 1.67. The predicted octanol–water partition coefficient (Wildman–Crippen LogP) is 2.85. The maximum Gasteiger partial charge on any atom is 0.265 e. The molecule has 110 valence electrons. The van der Waals surface area contributed by atoms with Crippen LogP contribution in [0, 0.1) is 0 Å². The zero-order valence-electron chi connectivity index (χ0n) is 11.8. The minimum atomic E-state index is 0.0777. The van der Waals surface area contributed by atoms with Gasteiger partial charge in [-0.15, -0.1) is 11.3 Å². The lowest BCUT2D eigenvalue weighted by molar-refractivity contribution is 0.0668. The van der Waals surface area contributed by atoms with E-state index in [9.17, 15) is 4.79 Å². The number of benzene rings is 1. The average Bonchev–Trinajstić information content (AvgIpc) is 2.97. The number of halogens is 1. The Balaban J connectivity index is 1.77. The van der Waals surface area contributed by atoms with Crippen molar-refractivity contribution >= 4 is 28.8 Å². The third-order valence-corrected chi connectivity index (χ3v) is 4.85. The van der Waals surface area contributed by atoms with Crippen LogP contribution in [0.2, 0.25) is 5.02 Å². The summed E-state index contributed by atoms with van der Waals surface area (Å²) in [6, 6.07) is 7.54. The van der Waals surface area contributed by atoms with Gasteiger partial charge in [0.2, 0.25) is 0 Å². The SMILES string of the molecule is CN1CCN(C(=O)c2cnc(-c3cccc(Cl)c3)s2)CC1. The normalized spacial score (nSPS) is 16.2. The van der Waals surface area contributed by atoms with E-state index in [1.807, 2.05) is 29.2 Å². The van der Waals surface area contributed by atoms with Crippen LogP contribution in [0.5, 0.6) is 0 Å². The zero-order valence-corrected chi connectivity index (χ0v) is 13.3. The molecule has 4 nitrogen and oxygen atoms in total. The van der Waals surface area contributed by atoms with E-state index in [4.69, 9.17) is 11.6 Å². The van der Waals surface area contributed by atoms with E-state index in [2.05, 4.69) is 16.9 Å². The number of piperazine rings is 1. The molecule has 21 heavy (non-hydrogen) atoms. The molecule has 1 aliphatic rings. The number of amides is 1. The van der Waals surface area contributed by atoms with Crippen LogP contribution in [0.1, 0.15) is 9.67 Å². The fraction of sp³-hybridized carbons (Fsp3) is 0.333. The first-order valence-electron chi connectivity index (χ1n) is 6.83. The summed E-state index contributed by atoms with van der Waals surface area (Å²) in [5, 5.41) is 1.50. The Hall–Kier alpha value is -1.43. The van der Waals surface area contributed by atoms with Crippen LogP contribution < -0.4 is 0 Å². The van der Waals surface area contributed by atoms with Crippen LogP contribution in [-0.4, -0.2) is 53.9 Å². The van der Waals surface area contributed by atoms with Gasteiger partial charge in [0, 0.05) is 36.8 Å². The van der Waals surface area contributed by atoms with Gasteiger partial charge in [-0.2, -0.15) is 0 Å². The molecule has 0 N–H and O–H groups in total. The highest BCUT2D eigenvalue weighted by atomic mass is 35.5. The van der Waals surface area contributed by atoms with E-state index in [0.717, 1.165) is 36.8 Å². The molecule has 1 saturated heterocycles. The molecule has 2 heterocycles. The van der Waals surface area contributed by atoms with Crippen molar-refractivity contribution in [1.82, 2.24) is 14.8 Å². The minimum absolute atomic E-state index is 0.0777. The summed E-state index contributed by atoms with van der Waals surface area (Å²) in [7, 11) is 2.08. The second-order valence-corrected chi connectivity index (χ2v) is 6.60. The first-order valence-corrected chi connectivity index (χ1v) is 8.02. The maximum absolute atomic E-state index is 12.5. The average molecular weight is 322 g/mol. The van der Waals surface area contributed by atoms with E-state index in [-0.39, 0.29) is 5.91 Å². The van der Waals surface area contributed by atoms with Crippen molar-refractivity contribution in [2.75, 3.05) is 33.2 Å². The molecule has 0 radical (unpaired) electrons. The van der Waals surface area contributed by atoms with Crippen LogP contribution in [0.25, 0.3) is 10.6 Å². The first kappa shape index (κ1) is 14.5. The second-order valence-electron chi connectivity index (χ2n) is 5.14. The highest BCUT2D eigenvalue weighted by Gasteiger charge is 2.22. The molecule has 0 aliphatic carbocycles. The number of likely N-dealkylation sites (N-methyl/N-ethyl adjacent to an activating group) is 1. The van der Waals surface area contributed by atoms with E-state index < -0.39 is 0 Å². The summed E-state index contributed by atoms with van der Waals surface area (Å²) in [5.74, 6) is 0.0777. The standard InChI is InChI=1S/C15H16ClN3OS/c1-18-5-7-19(8-6-18)15(20)13-10-17-14(21-13)11-3-2-4-12(16)9-11/h2-4,9-10H,5-8H2,1H3. The predicted molar refractivity (Wildman–Crippen MR) is 86.0 cm³/mol. The Labute approximate surface area is 133 Å². The zero-order chi connectivity index (χ0) is 14.8. The molecule has 1 amide bonds. The number of hydrogen-bond donors (Lipinski definition) is 0.